The van der Waals surface area contributed by atoms with Gasteiger partial charge >= 0.3 is 0 Å². The summed E-state index contributed by atoms with van der Waals surface area (Å²) >= 11 is 1.53. The first-order chi connectivity index (χ1) is 12.8. The normalized spacial score (nSPS) is 12.5. The molecule has 0 aliphatic rings. The Hall–Kier alpha value is -2.98. The number of primary amides is 1. The van der Waals surface area contributed by atoms with Gasteiger partial charge in [0.25, 0.3) is 5.91 Å². The van der Waals surface area contributed by atoms with E-state index in [0.717, 1.165) is 9.88 Å². The molecule has 0 aliphatic carbocycles. The lowest BCUT2D eigenvalue weighted by Gasteiger charge is -2.15. The third-order valence-electron chi connectivity index (χ3n) is 3.60. The molecule has 6 N–H and O–H groups in total. The van der Waals surface area contributed by atoms with E-state index < -0.39 is 24.5 Å². The maximum atomic E-state index is 12.4. The fourth-order valence-corrected chi connectivity index (χ4v) is 2.94. The van der Waals surface area contributed by atoms with Gasteiger partial charge in [0.05, 0.1) is 16.5 Å². The number of amides is 2. The number of hydrogen-bond acceptors (Lipinski definition) is 8. The first kappa shape index (κ1) is 20.3. The Balaban J connectivity index is 2.19. The lowest BCUT2D eigenvalue weighted by atomic mass is 10.1. The summed E-state index contributed by atoms with van der Waals surface area (Å²) in [5.74, 6) is -1.05. The molecule has 1 heterocycles. The monoisotopic (exact) mass is 391 g/mol. The van der Waals surface area contributed by atoms with Crippen LogP contribution in [0.1, 0.15) is 15.4 Å². The predicted octanol–water partition coefficient (Wildman–Crippen LogP) is -0.00598. The maximum Gasteiger partial charge on any atom is 0.270 e. The minimum Gasteiger partial charge on any atom is -0.488 e. The van der Waals surface area contributed by atoms with Crippen molar-refractivity contribution in [3.63, 3.8) is 0 Å². The number of aliphatic hydroxyl groups is 1. The van der Waals surface area contributed by atoms with Crippen LogP contribution in [0.5, 0.6) is 5.75 Å². The van der Waals surface area contributed by atoms with Gasteiger partial charge in [-0.15, -0.1) is 11.3 Å². The second-order valence-corrected chi connectivity index (χ2v) is 6.89. The van der Waals surface area contributed by atoms with Gasteiger partial charge in [0, 0.05) is 24.5 Å². The molecule has 0 unspecified atom stereocenters. The van der Waals surface area contributed by atoms with Gasteiger partial charge in [-0.3, -0.25) is 14.6 Å². The van der Waals surface area contributed by atoms with Gasteiger partial charge in [-0.2, -0.15) is 0 Å². The molecule has 2 rings (SSSR count). The second-order valence-electron chi connectivity index (χ2n) is 5.57. The number of hydrogen-bond donors (Lipinski definition) is 4. The largest absolute Gasteiger partial charge is 0.488 e. The molecule has 2 aromatic rings. The van der Waals surface area contributed by atoms with Crippen molar-refractivity contribution in [3.05, 3.63) is 39.8 Å². The summed E-state index contributed by atoms with van der Waals surface area (Å²) in [5, 5.41) is 12.4. The number of carbonyl (C=O) groups excluding carboxylic acids is 2. The highest BCUT2D eigenvalue weighted by Crippen LogP contribution is 2.23. The van der Waals surface area contributed by atoms with Crippen molar-refractivity contribution >= 4 is 34.6 Å². The van der Waals surface area contributed by atoms with Crippen LogP contribution in [0.15, 0.2) is 29.4 Å². The number of thiazole rings is 1. The molecular formula is C17H21N5O4S. The van der Waals surface area contributed by atoms with Crippen molar-refractivity contribution in [2.24, 2.45) is 10.7 Å². The number of anilines is 1. The lowest BCUT2D eigenvalue weighted by molar-refractivity contribution is -0.125. The van der Waals surface area contributed by atoms with Crippen molar-refractivity contribution in [1.82, 2.24) is 10.3 Å². The number of carbonyl (C=O) groups is 2. The highest BCUT2D eigenvalue weighted by atomic mass is 32.1. The molecule has 1 atom stereocenters. The summed E-state index contributed by atoms with van der Waals surface area (Å²) in [7, 11) is 1.42. The van der Waals surface area contributed by atoms with Crippen LogP contribution in [0.2, 0.25) is 0 Å². The molecule has 1 aromatic heterocycles. The Morgan fingerprint density at radius 1 is 1.44 bits per heavy atom. The van der Waals surface area contributed by atoms with E-state index >= 15 is 0 Å². The summed E-state index contributed by atoms with van der Waals surface area (Å²) in [5.41, 5.74) is 11.7. The fourth-order valence-electron chi connectivity index (χ4n) is 2.23. The van der Waals surface area contributed by atoms with Gasteiger partial charge in [-0.1, -0.05) is 0 Å². The molecule has 0 aliphatic heterocycles. The Kier molecular flexibility index (Phi) is 6.85. The van der Waals surface area contributed by atoms with E-state index in [-0.39, 0.29) is 5.71 Å². The smallest absolute Gasteiger partial charge is 0.270 e. The molecule has 27 heavy (non-hydrogen) atoms. The average molecular weight is 391 g/mol. The van der Waals surface area contributed by atoms with E-state index in [4.69, 9.17) is 21.3 Å². The van der Waals surface area contributed by atoms with Gasteiger partial charge < -0.3 is 26.6 Å². The molecule has 1 aromatic carbocycles. The van der Waals surface area contributed by atoms with Gasteiger partial charge in [-0.05, 0) is 25.1 Å². The number of aryl methyl sites for hydroxylation is 1. The van der Waals surface area contributed by atoms with E-state index in [2.05, 4.69) is 15.3 Å². The molecule has 0 saturated heterocycles. The zero-order valence-corrected chi connectivity index (χ0v) is 15.7. The van der Waals surface area contributed by atoms with E-state index in [1.54, 1.807) is 24.4 Å². The van der Waals surface area contributed by atoms with Crippen LogP contribution in [0.4, 0.5) is 5.69 Å². The Bertz CT molecular complexity index is 865. The summed E-state index contributed by atoms with van der Waals surface area (Å²) < 4.78 is 5.73. The average Bonchev–Trinajstić information content (AvgIpc) is 3.05. The summed E-state index contributed by atoms with van der Waals surface area (Å²) in [4.78, 5) is 32.7. The number of aliphatic imine (C=N–C) groups is 1. The van der Waals surface area contributed by atoms with E-state index in [9.17, 15) is 9.59 Å². The molecule has 0 saturated carbocycles. The van der Waals surface area contributed by atoms with Gasteiger partial charge in [0.1, 0.15) is 24.1 Å². The topological polar surface area (TPSA) is 153 Å². The Labute approximate surface area is 160 Å². The molecule has 0 radical (unpaired) electrons. The number of rotatable bonds is 8. The molecule has 2 amide bonds. The predicted molar refractivity (Wildman–Crippen MR) is 103 cm³/mol. The van der Waals surface area contributed by atoms with Crippen LogP contribution in [-0.2, 0) is 16.2 Å². The van der Waals surface area contributed by atoms with Crippen molar-refractivity contribution in [2.75, 3.05) is 19.4 Å². The zero-order chi connectivity index (χ0) is 20.0. The van der Waals surface area contributed by atoms with Crippen molar-refractivity contribution in [2.45, 2.75) is 19.6 Å². The molecule has 0 spiro atoms. The van der Waals surface area contributed by atoms with Crippen LogP contribution >= 0.6 is 11.3 Å². The van der Waals surface area contributed by atoms with Crippen LogP contribution in [0, 0.1) is 6.92 Å². The number of ether oxygens (including phenoxy) is 1. The first-order valence-corrected chi connectivity index (χ1v) is 8.79. The standard InChI is InChI=1S/C17H21N5O4S/c1-9-21-6-11(27-9)8-26-10-3-4-13(18)12(5-10)15(20-2)17(25)22-14(7-23)16(19)24/h3-6,14,23H,7-8,18H2,1-2H3,(H2,19,24)(H,22,25)/t14-/m0/s1. The molecular weight excluding hydrogens is 370 g/mol. The van der Waals surface area contributed by atoms with E-state index in [1.165, 1.54) is 18.4 Å². The number of aromatic nitrogens is 1. The number of nitrogens with one attached hydrogen (secondary N) is 1. The van der Waals surface area contributed by atoms with E-state index in [0.29, 0.717) is 23.6 Å². The molecule has 0 fully saturated rings. The number of benzene rings is 1. The van der Waals surface area contributed by atoms with Crippen LogP contribution in [0.25, 0.3) is 0 Å². The number of nitrogens with two attached hydrogens (primary N) is 2. The summed E-state index contributed by atoms with van der Waals surface area (Å²) in [6.45, 7) is 1.61. The van der Waals surface area contributed by atoms with Crippen molar-refractivity contribution in [3.8, 4) is 5.75 Å². The summed E-state index contributed by atoms with van der Waals surface area (Å²) in [6.07, 6.45) is 1.74. The third kappa shape index (κ3) is 5.25. The second kappa shape index (κ2) is 9.10. The SMILES string of the molecule is CN=C(C(=O)N[C@@H](CO)C(N)=O)c1cc(OCc2cnc(C)s2)ccc1N. The van der Waals surface area contributed by atoms with Crippen LogP contribution in [0.3, 0.4) is 0 Å². The van der Waals surface area contributed by atoms with Crippen LogP contribution in [-0.4, -0.2) is 47.3 Å². The Morgan fingerprint density at radius 2 is 2.19 bits per heavy atom. The fraction of sp³-hybridized carbons (Fsp3) is 0.294. The van der Waals surface area contributed by atoms with E-state index in [1.807, 2.05) is 6.92 Å². The molecule has 0 bridgehead atoms. The molecule has 144 valence electrons. The maximum absolute atomic E-state index is 12.4. The van der Waals surface area contributed by atoms with Crippen molar-refractivity contribution in [1.29, 1.82) is 0 Å². The summed E-state index contributed by atoms with van der Waals surface area (Å²) in [6, 6.07) is 3.64. The molecule has 10 heteroatoms. The highest BCUT2D eigenvalue weighted by molar-refractivity contribution is 7.11. The number of nitrogens with zero attached hydrogens (tertiary/aromatic N) is 2. The van der Waals surface area contributed by atoms with Gasteiger partial charge in [-0.25, -0.2) is 4.98 Å². The minimum absolute atomic E-state index is 0.00807. The van der Waals surface area contributed by atoms with Crippen LogP contribution < -0.4 is 21.5 Å². The number of aliphatic hydroxyl groups excluding tert-OH is 1. The van der Waals surface area contributed by atoms with Crippen molar-refractivity contribution < 1.29 is 19.4 Å². The lowest BCUT2D eigenvalue weighted by Crippen LogP contribution is -2.49. The zero-order valence-electron chi connectivity index (χ0n) is 14.9. The van der Waals surface area contributed by atoms with Gasteiger partial charge in [0.15, 0.2) is 0 Å². The van der Waals surface area contributed by atoms with Gasteiger partial charge in [0.2, 0.25) is 5.91 Å². The third-order valence-corrected chi connectivity index (χ3v) is 4.49. The quantitative estimate of drug-likeness (QED) is 0.367. The minimum atomic E-state index is -1.22. The first-order valence-electron chi connectivity index (χ1n) is 7.97. The molecule has 9 nitrogen and oxygen atoms in total. The Morgan fingerprint density at radius 3 is 2.74 bits per heavy atom. The highest BCUT2D eigenvalue weighted by Gasteiger charge is 2.22. The number of nitrogen functional groups attached to an aromatic ring is 1.